The Hall–Kier alpha value is -2.79. The van der Waals surface area contributed by atoms with Crippen molar-refractivity contribution in [1.82, 2.24) is 0 Å². The lowest BCUT2D eigenvalue weighted by Crippen LogP contribution is -2.60. The molecular weight excluding hydrogens is 504 g/mol. The van der Waals surface area contributed by atoms with E-state index in [9.17, 15) is 57.7 Å². The molecule has 0 N–H and O–H groups in total. The molecular formula is C16H11F8O8S-. The quantitative estimate of drug-likeness (QED) is 0.162. The van der Waals surface area contributed by atoms with Gasteiger partial charge in [-0.15, -0.1) is 0 Å². The Balaban J connectivity index is 3.43. The van der Waals surface area contributed by atoms with Crippen LogP contribution in [0.1, 0.15) is 5.56 Å². The van der Waals surface area contributed by atoms with Crippen LogP contribution in [0.2, 0.25) is 0 Å². The number of hydrogen-bond donors (Lipinski definition) is 0. The maximum absolute atomic E-state index is 13.7. The first kappa shape index (κ1) is 28.2. The van der Waals surface area contributed by atoms with E-state index < -0.39 is 64.2 Å². The summed E-state index contributed by atoms with van der Waals surface area (Å²) in [7, 11) is -6.69. The zero-order chi connectivity index (χ0) is 25.9. The van der Waals surface area contributed by atoms with Gasteiger partial charge in [0.2, 0.25) is 0 Å². The van der Waals surface area contributed by atoms with E-state index in [1.54, 1.807) is 0 Å². The third-order valence-electron chi connectivity index (χ3n) is 3.49. The Morgan fingerprint density at radius 1 is 0.970 bits per heavy atom. The molecule has 0 amide bonds. The number of ether oxygens (including phenoxy) is 3. The number of alkyl halides is 8. The lowest BCUT2D eigenvalue weighted by Gasteiger charge is -2.33. The van der Waals surface area contributed by atoms with Gasteiger partial charge in [-0.2, -0.15) is 35.1 Å². The first-order chi connectivity index (χ1) is 14.7. The maximum Gasteiger partial charge on any atom is 0.468 e. The fourth-order valence-electron chi connectivity index (χ4n) is 1.77. The van der Waals surface area contributed by atoms with Crippen molar-refractivity contribution in [2.75, 3.05) is 6.61 Å². The van der Waals surface area contributed by atoms with E-state index in [4.69, 9.17) is 0 Å². The second-order valence-corrected chi connectivity index (χ2v) is 7.43. The van der Waals surface area contributed by atoms with Gasteiger partial charge in [0.1, 0.15) is 18.8 Å². The molecule has 0 fully saturated rings. The molecule has 0 heterocycles. The second kappa shape index (κ2) is 9.60. The van der Waals surface area contributed by atoms with Crippen LogP contribution in [0.5, 0.6) is 0 Å². The summed E-state index contributed by atoms with van der Waals surface area (Å²) in [4.78, 5) is 23.7. The van der Waals surface area contributed by atoms with Crippen LogP contribution in [-0.2, 0) is 40.5 Å². The van der Waals surface area contributed by atoms with Crippen molar-refractivity contribution < 1.29 is 71.9 Å². The van der Waals surface area contributed by atoms with E-state index in [2.05, 4.69) is 20.8 Å². The van der Waals surface area contributed by atoms with Gasteiger partial charge in [0.15, 0.2) is 10.1 Å². The number of carbonyl (C=O) groups is 2. The number of halogens is 8. The van der Waals surface area contributed by atoms with Gasteiger partial charge < -0.3 is 18.8 Å². The Morgan fingerprint density at radius 2 is 1.48 bits per heavy atom. The smallest absolute Gasteiger partial charge is 0.468 e. The molecule has 33 heavy (non-hydrogen) atoms. The van der Waals surface area contributed by atoms with Gasteiger partial charge in [0.25, 0.3) is 0 Å². The molecule has 1 unspecified atom stereocenters. The first-order valence-corrected chi connectivity index (χ1v) is 9.40. The van der Waals surface area contributed by atoms with E-state index in [1.807, 2.05) is 0 Å². The largest absolute Gasteiger partial charge is 0.743 e. The van der Waals surface area contributed by atoms with Crippen molar-refractivity contribution in [3.63, 3.8) is 0 Å². The highest BCUT2D eigenvalue weighted by Crippen LogP contribution is 2.40. The van der Waals surface area contributed by atoms with Crippen molar-refractivity contribution >= 4 is 22.1 Å². The van der Waals surface area contributed by atoms with Crippen LogP contribution in [0.25, 0.3) is 0 Å². The van der Waals surface area contributed by atoms with Gasteiger partial charge in [-0.3, -0.25) is 0 Å². The molecule has 1 rings (SSSR count). The fourth-order valence-corrected chi connectivity index (χ4v) is 1.97. The summed E-state index contributed by atoms with van der Waals surface area (Å²) >= 11 is 0. The van der Waals surface area contributed by atoms with Crippen LogP contribution in [0, 0.1) is 0 Å². The molecule has 0 saturated carbocycles. The fraction of sp³-hybridized carbons (Fsp3) is 0.375. The molecule has 0 radical (unpaired) electrons. The van der Waals surface area contributed by atoms with Gasteiger partial charge in [0, 0.05) is 0 Å². The minimum absolute atomic E-state index is 0.0135. The number of benzene rings is 1. The molecule has 186 valence electrons. The Bertz CT molecular complexity index is 988. The lowest BCUT2D eigenvalue weighted by atomic mass is 10.2. The molecule has 17 heteroatoms. The van der Waals surface area contributed by atoms with Gasteiger partial charge in [-0.25, -0.2) is 18.0 Å². The summed E-state index contributed by atoms with van der Waals surface area (Å²) in [5, 5.41) is -5.63. The zero-order valence-corrected chi connectivity index (χ0v) is 16.5. The third-order valence-corrected chi connectivity index (χ3v) is 4.34. The summed E-state index contributed by atoms with van der Waals surface area (Å²) in [6.45, 7) is -1.97. The molecule has 1 atom stereocenters. The van der Waals surface area contributed by atoms with Crippen molar-refractivity contribution in [3.8, 4) is 0 Å². The Morgan fingerprint density at radius 3 is 1.91 bits per heavy atom. The highest BCUT2D eigenvalue weighted by atomic mass is 32.2. The van der Waals surface area contributed by atoms with Crippen LogP contribution in [0.4, 0.5) is 35.1 Å². The van der Waals surface area contributed by atoms with E-state index >= 15 is 0 Å². The van der Waals surface area contributed by atoms with Crippen molar-refractivity contribution in [3.05, 3.63) is 48.0 Å². The van der Waals surface area contributed by atoms with Crippen molar-refractivity contribution in [2.45, 2.75) is 30.0 Å². The van der Waals surface area contributed by atoms with Crippen molar-refractivity contribution in [1.29, 1.82) is 0 Å². The topological polar surface area (TPSA) is 119 Å². The lowest BCUT2D eigenvalue weighted by molar-refractivity contribution is -0.361. The molecule has 0 spiro atoms. The molecule has 8 nitrogen and oxygen atoms in total. The van der Waals surface area contributed by atoms with Gasteiger partial charge in [-0.1, -0.05) is 36.9 Å². The van der Waals surface area contributed by atoms with Crippen LogP contribution in [0.15, 0.2) is 42.5 Å². The average Bonchev–Trinajstić information content (AvgIpc) is 2.66. The van der Waals surface area contributed by atoms with Crippen LogP contribution in [-0.4, -0.2) is 54.9 Å². The molecule has 1 aromatic rings. The van der Waals surface area contributed by atoms with Gasteiger partial charge >= 0.3 is 35.3 Å². The van der Waals surface area contributed by atoms with Crippen LogP contribution in [0.3, 0.4) is 0 Å². The molecule has 0 aliphatic carbocycles. The number of carbonyl (C=O) groups excluding carboxylic acids is 2. The minimum Gasteiger partial charge on any atom is -0.743 e. The van der Waals surface area contributed by atoms with Gasteiger partial charge in [0.05, 0.1) is 0 Å². The highest BCUT2D eigenvalue weighted by molar-refractivity contribution is 7.86. The Labute approximate surface area is 179 Å². The van der Waals surface area contributed by atoms with Crippen molar-refractivity contribution in [2.24, 2.45) is 0 Å². The summed E-state index contributed by atoms with van der Waals surface area (Å²) in [6.07, 6.45) is -12.1. The molecule has 0 aliphatic rings. The monoisotopic (exact) mass is 515 g/mol. The summed E-state index contributed by atoms with van der Waals surface area (Å²) in [6, 6.07) is 6.47. The Kier molecular flexibility index (Phi) is 8.22. The predicted octanol–water partition coefficient (Wildman–Crippen LogP) is 2.80. The van der Waals surface area contributed by atoms with E-state index in [1.165, 1.54) is 30.3 Å². The second-order valence-electron chi connectivity index (χ2n) is 5.92. The SMILES string of the molecule is C=C(C(=O)OC(OCC(F)(F)S(=O)(=O)[O-])(C(=O)OCc1ccccc1)C(F)(F)F)C(F)(F)F. The first-order valence-electron chi connectivity index (χ1n) is 7.99. The molecule has 0 bridgehead atoms. The van der Waals surface area contributed by atoms with E-state index in [-0.39, 0.29) is 5.56 Å². The molecule has 1 aromatic carbocycles. The van der Waals surface area contributed by atoms with E-state index in [0.29, 0.717) is 0 Å². The number of hydrogen-bond acceptors (Lipinski definition) is 8. The molecule has 0 saturated heterocycles. The highest BCUT2D eigenvalue weighted by Gasteiger charge is 2.69. The summed E-state index contributed by atoms with van der Waals surface area (Å²) < 4.78 is 148. The normalized spacial score (nSPS) is 14.8. The van der Waals surface area contributed by atoms with E-state index in [0.717, 1.165) is 0 Å². The average molecular weight is 515 g/mol. The predicted molar refractivity (Wildman–Crippen MR) is 86.9 cm³/mol. The zero-order valence-electron chi connectivity index (χ0n) is 15.7. The summed E-state index contributed by atoms with van der Waals surface area (Å²) in [5.74, 6) is -11.2. The molecule has 0 aromatic heterocycles. The third kappa shape index (κ3) is 6.84. The standard InChI is InChI=1S/C16H12F8O8S/c1-9(15(19,20)21)11(25)32-14(16(22,23)24,31-8-13(17,18)33(27,28)29)12(26)30-7-10-5-3-2-4-6-10/h2-6H,1,7-8H2,(H,27,28,29)/p-1. The summed E-state index contributed by atoms with van der Waals surface area (Å²) in [5.41, 5.74) is -2.63. The number of esters is 2. The number of rotatable bonds is 9. The molecule has 0 aliphatic heterocycles. The van der Waals surface area contributed by atoms with Crippen LogP contribution < -0.4 is 0 Å². The van der Waals surface area contributed by atoms with Gasteiger partial charge in [-0.05, 0) is 5.56 Å². The van der Waals surface area contributed by atoms with Crippen LogP contribution >= 0.6 is 0 Å². The maximum atomic E-state index is 13.7. The minimum atomic E-state index is -6.69.